The molecular weight excluding hydrogens is 229 g/mol. The van der Waals surface area contributed by atoms with Gasteiger partial charge in [-0.2, -0.15) is 9.97 Å². The molecule has 0 amide bonds. The summed E-state index contributed by atoms with van der Waals surface area (Å²) < 4.78 is 24.1. The van der Waals surface area contributed by atoms with Gasteiger partial charge in [-0.3, -0.25) is 0 Å². The van der Waals surface area contributed by atoms with Crippen LogP contribution in [0.25, 0.3) is 0 Å². The van der Waals surface area contributed by atoms with Crippen LogP contribution < -0.4 is 9.47 Å². The first-order chi connectivity index (χ1) is 7.97. The minimum Gasteiger partial charge on any atom is -0.467 e. The fourth-order valence-corrected chi connectivity index (χ4v) is 1.22. The number of alkyl halides is 1. The Morgan fingerprint density at radius 2 is 1.65 bits per heavy atom. The second-order valence-electron chi connectivity index (χ2n) is 3.81. The lowest BCUT2D eigenvalue weighted by molar-refractivity contribution is 0.0160. The molecule has 1 N–H and O–H groups in total. The molecule has 1 heterocycles. The second-order valence-corrected chi connectivity index (χ2v) is 3.81. The summed E-state index contributed by atoms with van der Waals surface area (Å²) in [5.41, 5.74) is -2.05. The quantitative estimate of drug-likeness (QED) is 0.822. The van der Waals surface area contributed by atoms with Crippen molar-refractivity contribution >= 4 is 0 Å². The Morgan fingerprint density at radius 1 is 1.18 bits per heavy atom. The number of aliphatic hydroxyl groups is 1. The summed E-state index contributed by atoms with van der Waals surface area (Å²) in [7, 11) is 2.71. The predicted molar refractivity (Wildman–Crippen MR) is 57.6 cm³/mol. The van der Waals surface area contributed by atoms with Gasteiger partial charge in [0.1, 0.15) is 0 Å². The van der Waals surface area contributed by atoms with Crippen molar-refractivity contribution in [3.8, 4) is 12.0 Å². The van der Waals surface area contributed by atoms with Crippen molar-refractivity contribution in [2.24, 2.45) is 5.92 Å². The smallest absolute Gasteiger partial charge is 0.322 e. The van der Waals surface area contributed by atoms with Crippen molar-refractivity contribution in [1.82, 2.24) is 15.0 Å². The van der Waals surface area contributed by atoms with Crippen molar-refractivity contribution in [2.75, 3.05) is 20.8 Å². The second kappa shape index (κ2) is 5.22. The average molecular weight is 245 g/mol. The number of nitrogens with zero attached hydrogens (tertiary/aromatic N) is 3. The number of methoxy groups -OCH3 is 2. The molecule has 0 bridgehead atoms. The van der Waals surface area contributed by atoms with Crippen LogP contribution in [0.1, 0.15) is 19.7 Å². The molecule has 1 rings (SSSR count). The maximum absolute atomic E-state index is 14.5. The first-order valence-electron chi connectivity index (χ1n) is 5.12. The molecular formula is C10H16FN3O3. The fourth-order valence-electron chi connectivity index (χ4n) is 1.22. The molecule has 0 aliphatic heterocycles. The summed E-state index contributed by atoms with van der Waals surface area (Å²) in [6.45, 7) is 2.53. The molecule has 0 saturated carbocycles. The number of ether oxygens (including phenoxy) is 2. The fraction of sp³-hybridized carbons (Fsp3) is 0.700. The number of halogens is 1. The highest BCUT2D eigenvalue weighted by molar-refractivity contribution is 5.12. The third-order valence-corrected chi connectivity index (χ3v) is 2.48. The summed E-state index contributed by atoms with van der Waals surface area (Å²) >= 11 is 0. The molecule has 0 aliphatic carbocycles. The molecule has 17 heavy (non-hydrogen) atoms. The zero-order chi connectivity index (χ0) is 13.1. The van der Waals surface area contributed by atoms with Crippen molar-refractivity contribution in [1.29, 1.82) is 0 Å². The number of aromatic nitrogens is 3. The zero-order valence-electron chi connectivity index (χ0n) is 10.3. The third-order valence-electron chi connectivity index (χ3n) is 2.48. The lowest BCUT2D eigenvalue weighted by Gasteiger charge is -2.25. The third kappa shape index (κ3) is 2.60. The molecule has 0 aromatic carbocycles. The average Bonchev–Trinajstić information content (AvgIpc) is 2.36. The number of aliphatic hydroxyl groups excluding tert-OH is 1. The van der Waals surface area contributed by atoms with E-state index in [9.17, 15) is 9.50 Å². The van der Waals surface area contributed by atoms with Gasteiger partial charge < -0.3 is 14.6 Å². The SMILES string of the molecule is COc1nc(OC)nc(C(F)(CO)C(C)C)n1. The zero-order valence-corrected chi connectivity index (χ0v) is 10.3. The summed E-state index contributed by atoms with van der Waals surface area (Å²) in [4.78, 5) is 11.4. The lowest BCUT2D eigenvalue weighted by atomic mass is 9.92. The summed E-state index contributed by atoms with van der Waals surface area (Å²) in [5, 5.41) is 9.18. The summed E-state index contributed by atoms with van der Waals surface area (Å²) in [6.07, 6.45) is 0. The van der Waals surface area contributed by atoms with Crippen LogP contribution >= 0.6 is 0 Å². The first-order valence-corrected chi connectivity index (χ1v) is 5.12. The van der Waals surface area contributed by atoms with Crippen LogP contribution in [-0.4, -0.2) is 40.9 Å². The Kier molecular flexibility index (Phi) is 4.17. The minimum absolute atomic E-state index is 0.0528. The standard InChI is InChI=1S/C10H16FN3O3/c1-6(2)10(11,5-15)7-12-8(16-3)14-9(13-7)17-4/h6,15H,5H2,1-4H3. The van der Waals surface area contributed by atoms with Gasteiger partial charge in [0.2, 0.25) is 0 Å². The van der Waals surface area contributed by atoms with Crippen molar-refractivity contribution in [2.45, 2.75) is 19.5 Å². The van der Waals surface area contributed by atoms with Gasteiger partial charge in [0.25, 0.3) is 0 Å². The highest BCUT2D eigenvalue weighted by atomic mass is 19.1. The van der Waals surface area contributed by atoms with Crippen LogP contribution in [0, 0.1) is 5.92 Å². The highest BCUT2D eigenvalue weighted by Crippen LogP contribution is 2.32. The van der Waals surface area contributed by atoms with Gasteiger partial charge >= 0.3 is 12.0 Å². The Labute approximate surface area is 98.8 Å². The normalized spacial score (nSPS) is 14.5. The molecule has 96 valence electrons. The van der Waals surface area contributed by atoms with Gasteiger partial charge in [-0.1, -0.05) is 13.8 Å². The van der Waals surface area contributed by atoms with Crippen molar-refractivity contribution in [3.05, 3.63) is 5.82 Å². The Morgan fingerprint density at radius 3 is 1.94 bits per heavy atom. The minimum atomic E-state index is -2.05. The molecule has 1 atom stereocenters. The van der Waals surface area contributed by atoms with Crippen LogP contribution in [0.2, 0.25) is 0 Å². The van der Waals surface area contributed by atoms with Gasteiger partial charge in [-0.05, 0) is 5.92 Å². The van der Waals surface area contributed by atoms with Gasteiger partial charge in [0.05, 0.1) is 20.8 Å². The maximum atomic E-state index is 14.5. The number of rotatable bonds is 5. The van der Waals surface area contributed by atoms with E-state index >= 15 is 0 Å². The molecule has 0 saturated heterocycles. The van der Waals surface area contributed by atoms with E-state index in [4.69, 9.17) is 9.47 Å². The Hall–Kier alpha value is -1.50. The number of hydrogen-bond acceptors (Lipinski definition) is 6. The van der Waals surface area contributed by atoms with Gasteiger partial charge in [0.15, 0.2) is 11.5 Å². The van der Waals surface area contributed by atoms with E-state index < -0.39 is 18.2 Å². The molecule has 0 aliphatic rings. The van der Waals surface area contributed by atoms with Gasteiger partial charge in [-0.25, -0.2) is 4.39 Å². The molecule has 6 nitrogen and oxygen atoms in total. The van der Waals surface area contributed by atoms with E-state index in [1.165, 1.54) is 14.2 Å². The lowest BCUT2D eigenvalue weighted by Crippen LogP contribution is -2.33. The predicted octanol–water partition coefficient (Wildman–Crippen LogP) is 0.702. The summed E-state index contributed by atoms with van der Waals surface area (Å²) in [5.74, 6) is -0.692. The first kappa shape index (κ1) is 13.6. The molecule has 1 aromatic heterocycles. The van der Waals surface area contributed by atoms with E-state index in [1.54, 1.807) is 13.8 Å². The van der Waals surface area contributed by atoms with E-state index in [-0.39, 0.29) is 17.8 Å². The van der Waals surface area contributed by atoms with Crippen LogP contribution in [0.4, 0.5) is 4.39 Å². The van der Waals surface area contributed by atoms with Crippen LogP contribution in [0.15, 0.2) is 0 Å². The number of hydrogen-bond donors (Lipinski definition) is 1. The molecule has 0 radical (unpaired) electrons. The molecule has 0 fully saturated rings. The highest BCUT2D eigenvalue weighted by Gasteiger charge is 2.39. The topological polar surface area (TPSA) is 77.4 Å². The Bertz CT molecular complexity index is 367. The van der Waals surface area contributed by atoms with Gasteiger partial charge in [-0.15, -0.1) is 4.98 Å². The molecule has 1 unspecified atom stereocenters. The van der Waals surface area contributed by atoms with E-state index in [2.05, 4.69) is 15.0 Å². The van der Waals surface area contributed by atoms with Crippen LogP contribution in [-0.2, 0) is 5.67 Å². The van der Waals surface area contributed by atoms with E-state index in [0.717, 1.165) is 0 Å². The Balaban J connectivity index is 3.28. The van der Waals surface area contributed by atoms with Crippen LogP contribution in [0.3, 0.4) is 0 Å². The molecule has 7 heteroatoms. The van der Waals surface area contributed by atoms with Crippen molar-refractivity contribution < 1.29 is 19.0 Å². The summed E-state index contributed by atoms with van der Waals surface area (Å²) in [6, 6.07) is -0.106. The largest absolute Gasteiger partial charge is 0.467 e. The van der Waals surface area contributed by atoms with Crippen molar-refractivity contribution in [3.63, 3.8) is 0 Å². The monoisotopic (exact) mass is 245 g/mol. The van der Waals surface area contributed by atoms with Gasteiger partial charge in [0, 0.05) is 0 Å². The maximum Gasteiger partial charge on any atom is 0.322 e. The molecule has 0 spiro atoms. The molecule has 1 aromatic rings. The van der Waals surface area contributed by atoms with E-state index in [1.807, 2.05) is 0 Å². The van der Waals surface area contributed by atoms with E-state index in [0.29, 0.717) is 0 Å². The van der Waals surface area contributed by atoms with Crippen LogP contribution in [0.5, 0.6) is 12.0 Å².